The fourth-order valence-corrected chi connectivity index (χ4v) is 8.43. The lowest BCUT2D eigenvalue weighted by Gasteiger charge is -2.39. The minimum Gasteiger partial charge on any atom is -0.461 e. The van der Waals surface area contributed by atoms with Crippen molar-refractivity contribution in [1.29, 1.82) is 0 Å². The van der Waals surface area contributed by atoms with E-state index < -0.39 is 180 Å². The Morgan fingerprint density at radius 1 is 0.482 bits per heavy atom. The Morgan fingerprint density at radius 3 is 1.37 bits per heavy atom. The molecule has 3 saturated heterocycles. The number of aliphatic hydroxyl groups excluding tert-OH is 12. The van der Waals surface area contributed by atoms with Crippen molar-refractivity contribution >= 4 is 41.4 Å². The summed E-state index contributed by atoms with van der Waals surface area (Å²) in [5.74, 6) is -5.08. The lowest BCUT2D eigenvalue weighted by atomic mass is 9.99. The number of amides is 6. The number of hydrogen-bond acceptors (Lipinski definition) is 27. The second-order valence-corrected chi connectivity index (χ2v) is 19.6. The number of unbranched alkanes of at least 4 members (excludes halogenated alkanes) is 2. The van der Waals surface area contributed by atoms with E-state index in [1.807, 2.05) is 30.3 Å². The zero-order valence-corrected chi connectivity index (χ0v) is 45.5. The highest BCUT2D eigenvalue weighted by molar-refractivity contribution is 5.91. The molecule has 6 amide bonds. The molecule has 3 aliphatic heterocycles. The van der Waals surface area contributed by atoms with E-state index in [1.54, 1.807) is 0 Å². The zero-order chi connectivity index (χ0) is 61.0. The second kappa shape index (κ2) is 37.2. The molecule has 4 rings (SSSR count). The van der Waals surface area contributed by atoms with Gasteiger partial charge in [0, 0.05) is 39.0 Å². The fourth-order valence-electron chi connectivity index (χ4n) is 8.43. The summed E-state index contributed by atoms with van der Waals surface area (Å²) in [4.78, 5) is 92.4. The molecule has 33 heteroatoms. The molecule has 472 valence electrons. The van der Waals surface area contributed by atoms with Gasteiger partial charge in [0.1, 0.15) is 85.9 Å². The van der Waals surface area contributed by atoms with Gasteiger partial charge in [0.05, 0.1) is 65.8 Å². The molecule has 83 heavy (non-hydrogen) atoms. The van der Waals surface area contributed by atoms with Gasteiger partial charge < -0.3 is 126 Å². The summed E-state index contributed by atoms with van der Waals surface area (Å²) in [5.41, 5.74) is 0.849. The summed E-state index contributed by atoms with van der Waals surface area (Å²) < 4.78 is 37.3. The Bertz CT molecular complexity index is 2080. The summed E-state index contributed by atoms with van der Waals surface area (Å²) in [6, 6.07) is 7.76. The number of ether oxygens (including phenoxy) is 7. The first-order valence-electron chi connectivity index (χ1n) is 27.0. The Balaban J connectivity index is 1.31. The van der Waals surface area contributed by atoms with E-state index in [0.29, 0.717) is 19.3 Å². The minimum atomic E-state index is -1.73. The van der Waals surface area contributed by atoms with Crippen molar-refractivity contribution in [3.8, 4) is 0 Å². The van der Waals surface area contributed by atoms with Crippen molar-refractivity contribution in [3.05, 3.63) is 35.9 Å². The number of carbonyl (C=O) groups excluding carboxylic acids is 7. The van der Waals surface area contributed by atoms with Crippen LogP contribution in [-0.2, 0) is 73.3 Å². The van der Waals surface area contributed by atoms with Crippen LogP contribution in [0.15, 0.2) is 30.3 Å². The minimum absolute atomic E-state index is 0.147. The quantitative estimate of drug-likeness (QED) is 0.0219. The third-order valence-electron chi connectivity index (χ3n) is 13.1. The number of nitrogens with one attached hydrogen (secondary N) is 6. The molecule has 0 aliphatic carbocycles. The summed E-state index contributed by atoms with van der Waals surface area (Å²) in [5, 5.41) is 134. The molecule has 0 unspecified atom stereocenters. The normalized spacial score (nSPS) is 28.3. The molecule has 0 aromatic heterocycles. The summed E-state index contributed by atoms with van der Waals surface area (Å²) in [6.07, 6.45) is -22.4. The van der Waals surface area contributed by atoms with Crippen LogP contribution in [0.5, 0.6) is 0 Å². The Morgan fingerprint density at radius 2 is 0.916 bits per heavy atom. The van der Waals surface area contributed by atoms with Crippen LogP contribution in [0.25, 0.3) is 0 Å². The van der Waals surface area contributed by atoms with Crippen LogP contribution in [0, 0.1) is 0 Å². The monoisotopic (exact) mass is 1200 g/mol. The first-order valence-corrected chi connectivity index (χ1v) is 27.0. The molecule has 18 N–H and O–H groups in total. The van der Waals surface area contributed by atoms with E-state index in [-0.39, 0.29) is 77.8 Å². The van der Waals surface area contributed by atoms with Gasteiger partial charge in [-0.15, -0.1) is 0 Å². The average Bonchev–Trinajstić information content (AvgIpc) is 3.66. The molecular formula is C50H81N7O26. The lowest BCUT2D eigenvalue weighted by molar-refractivity contribution is -0.300. The smallest absolute Gasteiger partial charge is 0.306 e. The predicted octanol–water partition coefficient (Wildman–Crippen LogP) is -10.1. The maximum absolute atomic E-state index is 13.5. The number of rotatable bonds is 36. The molecule has 3 heterocycles. The molecule has 16 atom stereocenters. The van der Waals surface area contributed by atoms with Crippen molar-refractivity contribution in [2.24, 2.45) is 0 Å². The predicted molar refractivity (Wildman–Crippen MR) is 277 cm³/mol. The van der Waals surface area contributed by atoms with Gasteiger partial charge in [-0.05, 0) is 24.8 Å². The van der Waals surface area contributed by atoms with Gasteiger partial charge in [0.2, 0.25) is 35.4 Å². The number of nitrogens with zero attached hydrogens (tertiary/aromatic N) is 1. The molecule has 0 bridgehead atoms. The van der Waals surface area contributed by atoms with E-state index in [4.69, 9.17) is 33.2 Å². The molecule has 0 radical (unpaired) electrons. The molecule has 3 fully saturated rings. The van der Waals surface area contributed by atoms with Gasteiger partial charge in [0.15, 0.2) is 18.9 Å². The van der Waals surface area contributed by atoms with Crippen molar-refractivity contribution in [3.63, 3.8) is 0 Å². The molecule has 0 spiro atoms. The lowest BCUT2D eigenvalue weighted by Crippen LogP contribution is -2.59. The number of carbonyl (C=O) groups is 7. The van der Waals surface area contributed by atoms with Gasteiger partial charge in [-0.3, -0.25) is 38.5 Å². The van der Waals surface area contributed by atoms with E-state index in [2.05, 4.69) is 31.9 Å². The molecule has 0 saturated carbocycles. The largest absolute Gasteiger partial charge is 0.461 e. The maximum Gasteiger partial charge on any atom is 0.306 e. The fraction of sp³-hybridized carbons (Fsp3) is 0.740. The molecule has 3 aliphatic rings. The standard InChI is InChI=1S/C50H81N7O26/c58-23-29-38(67)41(70)44(73)48(81-29)77-16-13-52-34(63)20-57(21-35(64)53-14-17-78-49-45(74)42(71)39(68)30(24-59)82-49)22-36(65)55-19-33(62)56-28(47(76)54-15-18-79-50-46(75)43(72)40(69)31(25-60)83-50)10-11-32(61)51-12-6-2-5-9-37(66)80-26-27-7-3-1-4-8-27/h1,3-4,7-8,28-31,38-46,48-50,58-60,67-75H,2,5-6,9-26H2,(H,51,61)(H,52,63)(H,53,64)(H,54,76)(H,55,65)(H,56,62)/t28-,29+,30+,31+,38+,39+,40+,41-,42-,43-,44-,45-,46-,48-,49-,50-/m0/s1. The Hall–Kier alpha value is -5.25. The first kappa shape index (κ1) is 70.2. The molecule has 33 nitrogen and oxygen atoms in total. The van der Waals surface area contributed by atoms with Crippen LogP contribution in [0.2, 0.25) is 0 Å². The van der Waals surface area contributed by atoms with Gasteiger partial charge in [-0.1, -0.05) is 36.8 Å². The van der Waals surface area contributed by atoms with Crippen LogP contribution >= 0.6 is 0 Å². The van der Waals surface area contributed by atoms with Crippen LogP contribution in [0.1, 0.15) is 44.1 Å². The highest BCUT2D eigenvalue weighted by Gasteiger charge is 2.46. The number of benzene rings is 1. The van der Waals surface area contributed by atoms with E-state index >= 15 is 0 Å². The average molecular weight is 1200 g/mol. The van der Waals surface area contributed by atoms with Crippen LogP contribution in [-0.4, -0.2) is 298 Å². The number of hydrogen-bond donors (Lipinski definition) is 18. The number of esters is 1. The Kier molecular flexibility index (Phi) is 31.5. The van der Waals surface area contributed by atoms with E-state index in [0.717, 1.165) is 10.5 Å². The number of aliphatic hydroxyl groups is 12. The molecule has 1 aromatic rings. The van der Waals surface area contributed by atoms with Crippen LogP contribution in [0.4, 0.5) is 0 Å². The van der Waals surface area contributed by atoms with Crippen molar-refractivity contribution < 1.29 is 128 Å². The van der Waals surface area contributed by atoms with Crippen LogP contribution in [0.3, 0.4) is 0 Å². The second-order valence-electron chi connectivity index (χ2n) is 19.6. The van der Waals surface area contributed by atoms with Crippen LogP contribution < -0.4 is 31.9 Å². The van der Waals surface area contributed by atoms with Crippen molar-refractivity contribution in [2.45, 2.75) is 143 Å². The van der Waals surface area contributed by atoms with E-state index in [1.165, 1.54) is 0 Å². The maximum atomic E-state index is 13.5. The van der Waals surface area contributed by atoms with Gasteiger partial charge in [0.25, 0.3) is 0 Å². The van der Waals surface area contributed by atoms with Crippen molar-refractivity contribution in [1.82, 2.24) is 36.8 Å². The van der Waals surface area contributed by atoms with Gasteiger partial charge in [-0.25, -0.2) is 0 Å². The van der Waals surface area contributed by atoms with Gasteiger partial charge in [-0.2, -0.15) is 0 Å². The molecular weight excluding hydrogens is 1110 g/mol. The third-order valence-corrected chi connectivity index (χ3v) is 13.1. The highest BCUT2D eigenvalue weighted by Crippen LogP contribution is 2.24. The van der Waals surface area contributed by atoms with Crippen molar-refractivity contribution in [2.75, 3.05) is 92.0 Å². The van der Waals surface area contributed by atoms with Gasteiger partial charge >= 0.3 is 5.97 Å². The SMILES string of the molecule is O=C(CC[C@H](NC(=O)CNC(=O)CN(CC(=O)NCCO[C@H]1O[C@H](CO)[C@@H](O)[C@H](O)[C@@H]1O)CC(=O)NCCO[C@H]1O[C@H](CO)[C@@H](O)[C@H](O)[C@@H]1O)C(=O)NCCO[C@H]1O[C@H](CO)[C@@H](O)[C@H](O)[C@@H]1O)NCCCCCC(=O)OCc1ccccc1. The van der Waals surface area contributed by atoms with E-state index in [9.17, 15) is 94.8 Å². The summed E-state index contributed by atoms with van der Waals surface area (Å²) in [6.45, 7) is -6.35. The Labute approximate surface area is 476 Å². The highest BCUT2D eigenvalue weighted by atomic mass is 16.7. The summed E-state index contributed by atoms with van der Waals surface area (Å²) >= 11 is 0. The topological polar surface area (TPSA) is 502 Å². The first-order chi connectivity index (χ1) is 39.7. The molecule has 1 aromatic carbocycles. The third kappa shape index (κ3) is 24.0. The zero-order valence-electron chi connectivity index (χ0n) is 45.5. The summed E-state index contributed by atoms with van der Waals surface area (Å²) in [7, 11) is 0.